The van der Waals surface area contributed by atoms with E-state index in [4.69, 9.17) is 11.6 Å². The molecule has 0 aromatic heterocycles. The van der Waals surface area contributed by atoms with Gasteiger partial charge in [0.25, 0.3) is 0 Å². The molecule has 1 N–H and O–H groups in total. The minimum absolute atomic E-state index is 0.0451. The Morgan fingerprint density at radius 3 is 2.00 bits per heavy atom. The second-order valence-corrected chi connectivity index (χ2v) is 4.82. The summed E-state index contributed by atoms with van der Waals surface area (Å²) >= 11 is 5.56. The Balaban J connectivity index is 4.59. The maximum atomic E-state index is 11.5. The van der Waals surface area contributed by atoms with Gasteiger partial charge >= 0.3 is 0 Å². The molecule has 0 aromatic rings. The Hall–Kier alpha value is -0.240. The number of hydrogen-bond acceptors (Lipinski definition) is 1. The zero-order chi connectivity index (χ0) is 12.6. The molecule has 0 fully saturated rings. The molecule has 0 saturated carbocycles. The SMILES string of the molecule is CCC(CC)CC(CC)(CC)NC(=O)CCl. The van der Waals surface area contributed by atoms with E-state index in [1.165, 1.54) is 12.8 Å². The Bertz CT molecular complexity index is 198. The van der Waals surface area contributed by atoms with E-state index in [1.807, 2.05) is 0 Å². The van der Waals surface area contributed by atoms with Gasteiger partial charge < -0.3 is 5.32 Å². The molecule has 96 valence electrons. The number of nitrogens with one attached hydrogen (secondary N) is 1. The quantitative estimate of drug-likeness (QED) is 0.651. The lowest BCUT2D eigenvalue weighted by Gasteiger charge is -2.35. The molecule has 0 heterocycles. The van der Waals surface area contributed by atoms with E-state index in [-0.39, 0.29) is 17.3 Å². The van der Waals surface area contributed by atoms with Crippen LogP contribution < -0.4 is 5.32 Å². The van der Waals surface area contributed by atoms with Crippen molar-refractivity contribution in [1.82, 2.24) is 5.32 Å². The highest BCUT2D eigenvalue weighted by Gasteiger charge is 2.29. The van der Waals surface area contributed by atoms with Gasteiger partial charge in [-0.2, -0.15) is 0 Å². The van der Waals surface area contributed by atoms with Crippen molar-refractivity contribution >= 4 is 17.5 Å². The zero-order valence-corrected chi connectivity index (χ0v) is 11.9. The first-order valence-electron chi connectivity index (χ1n) is 6.44. The molecular formula is C13H26ClNO. The molecular weight excluding hydrogens is 222 g/mol. The van der Waals surface area contributed by atoms with Crippen LogP contribution in [-0.2, 0) is 4.79 Å². The molecule has 0 aliphatic rings. The lowest BCUT2D eigenvalue weighted by molar-refractivity contribution is -0.121. The summed E-state index contributed by atoms with van der Waals surface area (Å²) in [5.74, 6) is 0.705. The summed E-state index contributed by atoms with van der Waals surface area (Å²) < 4.78 is 0. The number of halogens is 1. The van der Waals surface area contributed by atoms with Gasteiger partial charge in [0, 0.05) is 5.54 Å². The van der Waals surface area contributed by atoms with Crippen LogP contribution in [0.15, 0.2) is 0 Å². The van der Waals surface area contributed by atoms with Crippen molar-refractivity contribution in [2.75, 3.05) is 5.88 Å². The summed E-state index contributed by atoms with van der Waals surface area (Å²) in [4.78, 5) is 11.5. The Kier molecular flexibility index (Phi) is 7.82. The van der Waals surface area contributed by atoms with Crippen LogP contribution in [0, 0.1) is 5.92 Å². The number of hydrogen-bond donors (Lipinski definition) is 1. The highest BCUT2D eigenvalue weighted by molar-refractivity contribution is 6.27. The van der Waals surface area contributed by atoms with Gasteiger partial charge in [-0.25, -0.2) is 0 Å². The van der Waals surface area contributed by atoms with E-state index in [0.29, 0.717) is 5.92 Å². The minimum atomic E-state index is -0.0529. The first-order valence-corrected chi connectivity index (χ1v) is 6.97. The van der Waals surface area contributed by atoms with Gasteiger partial charge in [-0.05, 0) is 25.2 Å². The number of carbonyl (C=O) groups excluding carboxylic acids is 1. The van der Waals surface area contributed by atoms with Crippen LogP contribution in [0.3, 0.4) is 0 Å². The predicted molar refractivity (Wildman–Crippen MR) is 70.9 cm³/mol. The molecule has 0 radical (unpaired) electrons. The summed E-state index contributed by atoms with van der Waals surface area (Å²) in [6.07, 6.45) is 5.37. The van der Waals surface area contributed by atoms with Gasteiger partial charge in [0.2, 0.25) is 5.91 Å². The minimum Gasteiger partial charge on any atom is -0.350 e. The fourth-order valence-corrected chi connectivity index (χ4v) is 2.29. The third-order valence-corrected chi connectivity index (χ3v) is 3.96. The van der Waals surface area contributed by atoms with Crippen LogP contribution in [0.5, 0.6) is 0 Å². The second kappa shape index (κ2) is 7.94. The highest BCUT2D eigenvalue weighted by atomic mass is 35.5. The molecule has 0 saturated heterocycles. The Labute approximate surface area is 105 Å². The van der Waals surface area contributed by atoms with Crippen molar-refractivity contribution in [3.05, 3.63) is 0 Å². The van der Waals surface area contributed by atoms with Crippen molar-refractivity contribution in [2.24, 2.45) is 5.92 Å². The summed E-state index contributed by atoms with van der Waals surface area (Å²) in [7, 11) is 0. The van der Waals surface area contributed by atoms with Crippen LogP contribution in [0.1, 0.15) is 59.8 Å². The van der Waals surface area contributed by atoms with Gasteiger partial charge in [0.1, 0.15) is 5.88 Å². The summed E-state index contributed by atoms with van der Waals surface area (Å²) in [5.41, 5.74) is -0.0529. The Morgan fingerprint density at radius 2 is 1.69 bits per heavy atom. The van der Waals surface area contributed by atoms with Crippen molar-refractivity contribution < 1.29 is 4.79 Å². The van der Waals surface area contributed by atoms with Crippen molar-refractivity contribution in [1.29, 1.82) is 0 Å². The largest absolute Gasteiger partial charge is 0.350 e. The molecule has 0 spiro atoms. The standard InChI is InChI=1S/C13H26ClNO/c1-5-11(6-2)9-13(7-3,8-4)15-12(16)10-14/h11H,5-10H2,1-4H3,(H,15,16). The fourth-order valence-electron chi connectivity index (χ4n) is 2.23. The van der Waals surface area contributed by atoms with E-state index in [1.54, 1.807) is 0 Å². The van der Waals surface area contributed by atoms with Crippen LogP contribution in [-0.4, -0.2) is 17.3 Å². The molecule has 0 bridgehead atoms. The van der Waals surface area contributed by atoms with Crippen LogP contribution >= 0.6 is 11.6 Å². The topological polar surface area (TPSA) is 29.1 Å². The number of rotatable bonds is 8. The van der Waals surface area contributed by atoms with Crippen molar-refractivity contribution in [3.63, 3.8) is 0 Å². The molecule has 0 aliphatic heterocycles. The van der Waals surface area contributed by atoms with Crippen LogP contribution in [0.25, 0.3) is 0 Å². The van der Waals surface area contributed by atoms with E-state index >= 15 is 0 Å². The molecule has 0 rings (SSSR count). The lowest BCUT2D eigenvalue weighted by atomic mass is 9.81. The first-order chi connectivity index (χ1) is 7.57. The van der Waals surface area contributed by atoms with Crippen LogP contribution in [0.2, 0.25) is 0 Å². The molecule has 0 aromatic carbocycles. The van der Waals surface area contributed by atoms with Crippen LogP contribution in [0.4, 0.5) is 0 Å². The van der Waals surface area contributed by atoms with Gasteiger partial charge in [-0.15, -0.1) is 11.6 Å². The molecule has 16 heavy (non-hydrogen) atoms. The average Bonchev–Trinajstić information content (AvgIpc) is 2.34. The van der Waals surface area contributed by atoms with Gasteiger partial charge in [0.05, 0.1) is 0 Å². The third kappa shape index (κ3) is 4.73. The second-order valence-electron chi connectivity index (χ2n) is 4.56. The predicted octanol–water partition coefficient (Wildman–Crippen LogP) is 3.73. The van der Waals surface area contributed by atoms with E-state index in [9.17, 15) is 4.79 Å². The smallest absolute Gasteiger partial charge is 0.235 e. The van der Waals surface area contributed by atoms with E-state index in [2.05, 4.69) is 33.0 Å². The number of carbonyl (C=O) groups is 1. The van der Waals surface area contributed by atoms with Gasteiger partial charge in [0.15, 0.2) is 0 Å². The van der Waals surface area contributed by atoms with Gasteiger partial charge in [-0.1, -0.05) is 40.5 Å². The number of amides is 1. The Morgan fingerprint density at radius 1 is 1.19 bits per heavy atom. The van der Waals surface area contributed by atoms with E-state index in [0.717, 1.165) is 19.3 Å². The van der Waals surface area contributed by atoms with Crippen molar-refractivity contribution in [3.8, 4) is 0 Å². The molecule has 2 nitrogen and oxygen atoms in total. The summed E-state index contributed by atoms with van der Waals surface area (Å²) in [6, 6.07) is 0. The molecule has 1 amide bonds. The molecule has 3 heteroatoms. The molecule has 0 unspecified atom stereocenters. The monoisotopic (exact) mass is 247 g/mol. The maximum Gasteiger partial charge on any atom is 0.235 e. The number of alkyl halides is 1. The fraction of sp³-hybridized carbons (Fsp3) is 0.923. The third-order valence-electron chi connectivity index (χ3n) is 3.71. The van der Waals surface area contributed by atoms with Crippen molar-refractivity contribution in [2.45, 2.75) is 65.3 Å². The lowest BCUT2D eigenvalue weighted by Crippen LogP contribution is -2.49. The van der Waals surface area contributed by atoms with Gasteiger partial charge in [-0.3, -0.25) is 4.79 Å². The average molecular weight is 248 g/mol. The summed E-state index contributed by atoms with van der Waals surface area (Å²) in [5, 5.41) is 3.11. The van der Waals surface area contributed by atoms with E-state index < -0.39 is 0 Å². The highest BCUT2D eigenvalue weighted by Crippen LogP contribution is 2.28. The normalized spacial score (nSPS) is 11.9. The maximum absolute atomic E-state index is 11.5. The zero-order valence-electron chi connectivity index (χ0n) is 11.1. The summed E-state index contributed by atoms with van der Waals surface area (Å²) in [6.45, 7) is 8.71. The first kappa shape index (κ1) is 15.8. The molecule has 0 aliphatic carbocycles. The molecule has 0 atom stereocenters.